The number of benzene rings is 1. The Hall–Kier alpha value is -1.51. The largest absolute Gasteiger partial charge is 0.507 e. The predicted molar refractivity (Wildman–Crippen MR) is 72.2 cm³/mol. The maximum Gasteiger partial charge on any atom is 0.339 e. The van der Waals surface area contributed by atoms with Crippen LogP contribution in [0.15, 0.2) is 18.2 Å². The summed E-state index contributed by atoms with van der Waals surface area (Å²) in [5, 5.41) is 18.5. The Morgan fingerprint density at radius 2 is 1.94 bits per heavy atom. The van der Waals surface area contributed by atoms with Gasteiger partial charge in [-0.15, -0.1) is 0 Å². The third-order valence-electron chi connectivity index (χ3n) is 3.41. The SMILES string of the molecule is CCCCCC(C)(C)c1ccc(O)c(C(=O)O)c1. The van der Waals surface area contributed by atoms with Crippen LogP contribution >= 0.6 is 0 Å². The molecule has 100 valence electrons. The molecule has 3 nitrogen and oxygen atoms in total. The Morgan fingerprint density at radius 3 is 2.50 bits per heavy atom. The van der Waals surface area contributed by atoms with E-state index in [0.29, 0.717) is 0 Å². The Labute approximate surface area is 108 Å². The molecular weight excluding hydrogens is 228 g/mol. The summed E-state index contributed by atoms with van der Waals surface area (Å²) in [5.74, 6) is -1.26. The van der Waals surface area contributed by atoms with Crippen LogP contribution in [-0.2, 0) is 5.41 Å². The molecule has 18 heavy (non-hydrogen) atoms. The van der Waals surface area contributed by atoms with Crippen LogP contribution in [0, 0.1) is 0 Å². The molecule has 1 aromatic carbocycles. The van der Waals surface area contributed by atoms with Crippen LogP contribution in [0.3, 0.4) is 0 Å². The van der Waals surface area contributed by atoms with E-state index in [1.165, 1.54) is 18.9 Å². The quantitative estimate of drug-likeness (QED) is 0.752. The van der Waals surface area contributed by atoms with Crippen molar-refractivity contribution in [3.8, 4) is 5.75 Å². The molecule has 0 aliphatic carbocycles. The average molecular weight is 250 g/mol. The zero-order chi connectivity index (χ0) is 13.8. The van der Waals surface area contributed by atoms with Gasteiger partial charge in [0.25, 0.3) is 0 Å². The van der Waals surface area contributed by atoms with E-state index in [4.69, 9.17) is 5.11 Å². The van der Waals surface area contributed by atoms with Crippen molar-refractivity contribution in [1.82, 2.24) is 0 Å². The second-order valence-electron chi connectivity index (χ2n) is 5.38. The summed E-state index contributed by atoms with van der Waals surface area (Å²) in [6, 6.07) is 4.87. The highest BCUT2D eigenvalue weighted by atomic mass is 16.4. The zero-order valence-corrected chi connectivity index (χ0v) is 11.4. The molecule has 0 unspecified atom stereocenters. The summed E-state index contributed by atoms with van der Waals surface area (Å²) in [7, 11) is 0. The van der Waals surface area contributed by atoms with Crippen LogP contribution in [0.2, 0.25) is 0 Å². The molecule has 1 aromatic rings. The highest BCUT2D eigenvalue weighted by Gasteiger charge is 2.22. The van der Waals surface area contributed by atoms with Gasteiger partial charge in [0, 0.05) is 0 Å². The molecule has 0 fully saturated rings. The fourth-order valence-corrected chi connectivity index (χ4v) is 2.09. The number of phenols is 1. The first-order chi connectivity index (χ1) is 8.38. The van der Waals surface area contributed by atoms with Gasteiger partial charge < -0.3 is 10.2 Å². The van der Waals surface area contributed by atoms with Crippen LogP contribution in [-0.4, -0.2) is 16.2 Å². The van der Waals surface area contributed by atoms with Gasteiger partial charge in [-0.05, 0) is 29.5 Å². The van der Waals surface area contributed by atoms with Crippen LogP contribution < -0.4 is 0 Å². The maximum atomic E-state index is 11.0. The molecule has 0 saturated heterocycles. The van der Waals surface area contributed by atoms with Crippen LogP contribution in [0.1, 0.15) is 62.4 Å². The van der Waals surface area contributed by atoms with Gasteiger partial charge in [-0.2, -0.15) is 0 Å². The minimum atomic E-state index is -1.08. The number of hydrogen-bond donors (Lipinski definition) is 2. The number of aromatic carboxylic acids is 1. The number of hydrogen-bond acceptors (Lipinski definition) is 2. The third kappa shape index (κ3) is 3.49. The molecule has 0 radical (unpaired) electrons. The molecule has 0 heterocycles. The summed E-state index contributed by atoms with van der Waals surface area (Å²) in [4.78, 5) is 11.0. The highest BCUT2D eigenvalue weighted by Crippen LogP contribution is 2.32. The average Bonchev–Trinajstić information content (AvgIpc) is 2.29. The molecule has 0 saturated carbocycles. The second-order valence-corrected chi connectivity index (χ2v) is 5.38. The van der Waals surface area contributed by atoms with Gasteiger partial charge in [0.05, 0.1) is 0 Å². The standard InChI is InChI=1S/C15H22O3/c1-4-5-6-9-15(2,3)11-7-8-13(16)12(10-11)14(17)18/h7-8,10,16H,4-6,9H2,1-3H3,(H,17,18). The van der Waals surface area contributed by atoms with E-state index >= 15 is 0 Å². The number of aromatic hydroxyl groups is 1. The zero-order valence-electron chi connectivity index (χ0n) is 11.4. The van der Waals surface area contributed by atoms with Crippen molar-refractivity contribution >= 4 is 5.97 Å². The smallest absolute Gasteiger partial charge is 0.339 e. The molecule has 0 spiro atoms. The number of rotatable bonds is 6. The Kier molecular flexibility index (Phi) is 4.76. The van der Waals surface area contributed by atoms with E-state index in [-0.39, 0.29) is 16.7 Å². The third-order valence-corrected chi connectivity index (χ3v) is 3.41. The molecule has 0 amide bonds. The van der Waals surface area contributed by atoms with E-state index in [9.17, 15) is 9.90 Å². The van der Waals surface area contributed by atoms with Crippen LogP contribution in [0.5, 0.6) is 5.75 Å². The summed E-state index contributed by atoms with van der Waals surface area (Å²) in [6.45, 7) is 6.39. The normalized spacial score (nSPS) is 11.5. The lowest BCUT2D eigenvalue weighted by Crippen LogP contribution is -2.17. The summed E-state index contributed by atoms with van der Waals surface area (Å²) in [5.41, 5.74) is 0.887. The van der Waals surface area contributed by atoms with Crippen molar-refractivity contribution < 1.29 is 15.0 Å². The van der Waals surface area contributed by atoms with Gasteiger partial charge in [0.15, 0.2) is 0 Å². The first-order valence-electron chi connectivity index (χ1n) is 6.45. The van der Waals surface area contributed by atoms with E-state index in [0.717, 1.165) is 18.4 Å². The molecule has 0 aliphatic rings. The predicted octanol–water partition coefficient (Wildman–Crippen LogP) is 3.95. The lowest BCUT2D eigenvalue weighted by Gasteiger charge is -2.25. The monoisotopic (exact) mass is 250 g/mol. The van der Waals surface area contributed by atoms with E-state index in [2.05, 4.69) is 20.8 Å². The highest BCUT2D eigenvalue weighted by molar-refractivity contribution is 5.91. The van der Waals surface area contributed by atoms with E-state index in [1.807, 2.05) is 6.07 Å². The van der Waals surface area contributed by atoms with E-state index < -0.39 is 5.97 Å². The minimum absolute atomic E-state index is 0.0175. The van der Waals surface area contributed by atoms with Gasteiger partial charge in [0.1, 0.15) is 11.3 Å². The Morgan fingerprint density at radius 1 is 1.28 bits per heavy atom. The van der Waals surface area contributed by atoms with Crippen LogP contribution in [0.4, 0.5) is 0 Å². The summed E-state index contributed by atoms with van der Waals surface area (Å²) in [6.07, 6.45) is 4.51. The minimum Gasteiger partial charge on any atom is -0.507 e. The molecule has 0 aromatic heterocycles. The van der Waals surface area contributed by atoms with Crippen LogP contribution in [0.25, 0.3) is 0 Å². The molecule has 0 aliphatic heterocycles. The van der Waals surface area contributed by atoms with Gasteiger partial charge >= 0.3 is 5.97 Å². The number of carboxylic acid groups (broad SMARTS) is 1. The number of unbranched alkanes of at least 4 members (excludes halogenated alkanes) is 2. The van der Waals surface area contributed by atoms with Crippen molar-refractivity contribution in [2.45, 2.75) is 51.9 Å². The lowest BCUT2D eigenvalue weighted by atomic mass is 9.79. The van der Waals surface area contributed by atoms with Crippen molar-refractivity contribution in [3.63, 3.8) is 0 Å². The van der Waals surface area contributed by atoms with Gasteiger partial charge in [-0.25, -0.2) is 4.79 Å². The molecule has 3 heteroatoms. The van der Waals surface area contributed by atoms with Crippen molar-refractivity contribution in [2.24, 2.45) is 0 Å². The number of carboxylic acids is 1. The lowest BCUT2D eigenvalue weighted by molar-refractivity contribution is 0.0693. The van der Waals surface area contributed by atoms with E-state index in [1.54, 1.807) is 6.07 Å². The Balaban J connectivity index is 2.94. The Bertz CT molecular complexity index is 422. The fourth-order valence-electron chi connectivity index (χ4n) is 2.09. The summed E-state index contributed by atoms with van der Waals surface area (Å²) >= 11 is 0. The molecule has 2 N–H and O–H groups in total. The molecule has 1 rings (SSSR count). The fraction of sp³-hybridized carbons (Fsp3) is 0.533. The number of carbonyl (C=O) groups is 1. The molecule has 0 bridgehead atoms. The molecule has 0 atom stereocenters. The maximum absolute atomic E-state index is 11.0. The first-order valence-corrected chi connectivity index (χ1v) is 6.45. The van der Waals surface area contributed by atoms with Crippen molar-refractivity contribution in [1.29, 1.82) is 0 Å². The summed E-state index contributed by atoms with van der Waals surface area (Å²) < 4.78 is 0. The second kappa shape index (κ2) is 5.89. The van der Waals surface area contributed by atoms with Gasteiger partial charge in [-0.1, -0.05) is 46.1 Å². The van der Waals surface area contributed by atoms with Gasteiger partial charge in [0.2, 0.25) is 0 Å². The first kappa shape index (κ1) is 14.6. The topological polar surface area (TPSA) is 57.5 Å². The van der Waals surface area contributed by atoms with Gasteiger partial charge in [-0.3, -0.25) is 0 Å². The van der Waals surface area contributed by atoms with Crippen molar-refractivity contribution in [2.75, 3.05) is 0 Å². The van der Waals surface area contributed by atoms with Crippen molar-refractivity contribution in [3.05, 3.63) is 29.3 Å². The molecular formula is C15H22O3.